The van der Waals surface area contributed by atoms with Crippen LogP contribution in [0.5, 0.6) is 5.75 Å². The van der Waals surface area contributed by atoms with Crippen LogP contribution in [0.3, 0.4) is 0 Å². The number of hydrogen-bond acceptors (Lipinski definition) is 4. The third-order valence-electron chi connectivity index (χ3n) is 3.05. The maximum absolute atomic E-state index is 12.0. The number of hydrazone groups is 1. The lowest BCUT2D eigenvalue weighted by Gasteiger charge is -2.08. The summed E-state index contributed by atoms with van der Waals surface area (Å²) in [6.07, 6.45) is 5.00. The van der Waals surface area contributed by atoms with Crippen LogP contribution in [0, 0.1) is 5.92 Å². The lowest BCUT2D eigenvalue weighted by atomic mass is 10.2. The van der Waals surface area contributed by atoms with Gasteiger partial charge in [0.05, 0.1) is 19.1 Å². The molecule has 0 aliphatic heterocycles. The lowest BCUT2D eigenvalue weighted by molar-refractivity contribution is 0.0955. The van der Waals surface area contributed by atoms with Crippen molar-refractivity contribution in [3.63, 3.8) is 0 Å². The summed E-state index contributed by atoms with van der Waals surface area (Å²) >= 11 is 0. The van der Waals surface area contributed by atoms with Crippen LogP contribution < -0.4 is 10.2 Å². The molecule has 0 saturated carbocycles. The van der Waals surface area contributed by atoms with Gasteiger partial charge in [-0.15, -0.1) is 0 Å². The lowest BCUT2D eigenvalue weighted by Crippen LogP contribution is -2.17. The van der Waals surface area contributed by atoms with Gasteiger partial charge in [-0.3, -0.25) is 4.79 Å². The predicted molar refractivity (Wildman–Crippen MR) is 95.1 cm³/mol. The Hall–Kier alpha value is -2.82. The third kappa shape index (κ3) is 5.76. The van der Waals surface area contributed by atoms with Crippen molar-refractivity contribution in [3.8, 4) is 5.75 Å². The molecule has 0 bridgehead atoms. The highest BCUT2D eigenvalue weighted by Gasteiger charge is 2.04. The summed E-state index contributed by atoms with van der Waals surface area (Å²) in [5, 5.41) is 3.94. The molecule has 0 aliphatic carbocycles. The van der Waals surface area contributed by atoms with E-state index in [2.05, 4.69) is 24.4 Å². The van der Waals surface area contributed by atoms with Crippen LogP contribution in [0.2, 0.25) is 0 Å². The standard InChI is InChI=1S/C19H22N2O3/c1-14(2)13-24-17-8-6-16(7-9-17)19(22)21-20-12-15(3)11-18-5-4-10-23-18/h4-12,14H,13H2,1-3H3,(H,21,22)/b15-11+,20-12+. The average Bonchev–Trinajstić information content (AvgIpc) is 3.06. The van der Waals surface area contributed by atoms with E-state index in [1.165, 1.54) is 0 Å². The normalized spacial score (nSPS) is 11.9. The van der Waals surface area contributed by atoms with Crippen LogP contribution in [0.1, 0.15) is 36.9 Å². The first-order chi connectivity index (χ1) is 11.5. The van der Waals surface area contributed by atoms with Gasteiger partial charge in [0.15, 0.2) is 0 Å². The first-order valence-electron chi connectivity index (χ1n) is 7.82. The van der Waals surface area contributed by atoms with Crippen molar-refractivity contribution in [2.45, 2.75) is 20.8 Å². The number of benzene rings is 1. The van der Waals surface area contributed by atoms with Gasteiger partial charge in [0.2, 0.25) is 0 Å². The van der Waals surface area contributed by atoms with Gasteiger partial charge in [0, 0.05) is 5.56 Å². The van der Waals surface area contributed by atoms with Gasteiger partial charge in [-0.25, -0.2) is 5.43 Å². The topological polar surface area (TPSA) is 63.8 Å². The van der Waals surface area contributed by atoms with Crippen LogP contribution in [-0.4, -0.2) is 18.7 Å². The Morgan fingerprint density at radius 1 is 1.29 bits per heavy atom. The van der Waals surface area contributed by atoms with E-state index in [1.807, 2.05) is 25.1 Å². The van der Waals surface area contributed by atoms with Crippen molar-refractivity contribution in [1.29, 1.82) is 0 Å². The molecule has 2 rings (SSSR count). The minimum Gasteiger partial charge on any atom is -0.493 e. The highest BCUT2D eigenvalue weighted by molar-refractivity contribution is 5.95. The smallest absolute Gasteiger partial charge is 0.271 e. The predicted octanol–water partition coefficient (Wildman–Crippen LogP) is 4.13. The number of rotatable bonds is 7. The summed E-state index contributed by atoms with van der Waals surface area (Å²) in [7, 11) is 0. The van der Waals surface area contributed by atoms with Gasteiger partial charge >= 0.3 is 0 Å². The second-order valence-electron chi connectivity index (χ2n) is 5.83. The van der Waals surface area contributed by atoms with Gasteiger partial charge < -0.3 is 9.15 Å². The van der Waals surface area contributed by atoms with Gasteiger partial charge in [0.1, 0.15) is 11.5 Å². The fourth-order valence-electron chi connectivity index (χ4n) is 1.86. The van der Waals surface area contributed by atoms with Crippen molar-refractivity contribution < 1.29 is 13.9 Å². The minimum absolute atomic E-state index is 0.271. The molecule has 0 radical (unpaired) electrons. The van der Waals surface area contributed by atoms with E-state index < -0.39 is 0 Å². The van der Waals surface area contributed by atoms with Gasteiger partial charge in [0.25, 0.3) is 5.91 Å². The maximum Gasteiger partial charge on any atom is 0.271 e. The Morgan fingerprint density at radius 3 is 2.67 bits per heavy atom. The molecule has 24 heavy (non-hydrogen) atoms. The molecule has 1 aromatic carbocycles. The zero-order chi connectivity index (χ0) is 17.4. The number of furan rings is 1. The fraction of sp³-hybridized carbons (Fsp3) is 0.263. The number of carbonyl (C=O) groups is 1. The molecule has 5 heteroatoms. The Bertz CT molecular complexity index is 699. The molecule has 0 spiro atoms. The molecule has 126 valence electrons. The summed E-state index contributed by atoms with van der Waals surface area (Å²) in [5.74, 6) is 1.68. The minimum atomic E-state index is -0.271. The number of ether oxygens (including phenoxy) is 1. The number of allylic oxidation sites excluding steroid dienone is 1. The molecule has 2 aromatic rings. The number of hydrogen-bond donors (Lipinski definition) is 1. The SMILES string of the molecule is CC(/C=N/NC(=O)c1ccc(OCC(C)C)cc1)=C\c1ccco1. The van der Waals surface area contributed by atoms with Crippen LogP contribution in [-0.2, 0) is 0 Å². The third-order valence-corrected chi connectivity index (χ3v) is 3.05. The maximum atomic E-state index is 12.0. The van der Waals surface area contributed by atoms with Crippen molar-refractivity contribution >= 4 is 18.2 Å². The fourth-order valence-corrected chi connectivity index (χ4v) is 1.86. The molecule has 0 saturated heterocycles. The largest absolute Gasteiger partial charge is 0.493 e. The summed E-state index contributed by atoms with van der Waals surface area (Å²) in [6, 6.07) is 10.6. The molecule has 1 amide bonds. The molecule has 0 atom stereocenters. The zero-order valence-corrected chi connectivity index (χ0v) is 14.2. The molecule has 0 aliphatic rings. The highest BCUT2D eigenvalue weighted by atomic mass is 16.5. The van der Waals surface area contributed by atoms with E-state index >= 15 is 0 Å². The van der Waals surface area contributed by atoms with E-state index in [-0.39, 0.29) is 5.91 Å². The Labute approximate surface area is 142 Å². The van der Waals surface area contributed by atoms with Crippen molar-refractivity contribution in [2.75, 3.05) is 6.61 Å². The molecule has 1 heterocycles. The zero-order valence-electron chi connectivity index (χ0n) is 14.2. The second kappa shape index (κ2) is 8.72. The van der Waals surface area contributed by atoms with E-state index in [1.54, 1.807) is 36.7 Å². The quantitative estimate of drug-likeness (QED) is 0.614. The van der Waals surface area contributed by atoms with Gasteiger partial charge in [-0.05, 0) is 60.9 Å². The first kappa shape index (κ1) is 17.5. The average molecular weight is 326 g/mol. The van der Waals surface area contributed by atoms with E-state index in [0.29, 0.717) is 18.1 Å². The van der Waals surface area contributed by atoms with E-state index in [4.69, 9.17) is 9.15 Å². The Kier molecular flexibility index (Phi) is 6.37. The van der Waals surface area contributed by atoms with Crippen molar-refractivity contribution in [3.05, 3.63) is 59.6 Å². The summed E-state index contributed by atoms with van der Waals surface area (Å²) in [4.78, 5) is 12.0. The highest BCUT2D eigenvalue weighted by Crippen LogP contribution is 2.13. The van der Waals surface area contributed by atoms with Crippen LogP contribution in [0.4, 0.5) is 0 Å². The van der Waals surface area contributed by atoms with Gasteiger partial charge in [-0.2, -0.15) is 5.10 Å². The first-order valence-corrected chi connectivity index (χ1v) is 7.82. The Balaban J connectivity index is 1.86. The molecule has 1 N–H and O–H groups in total. The second-order valence-corrected chi connectivity index (χ2v) is 5.83. The molecule has 0 fully saturated rings. The summed E-state index contributed by atoms with van der Waals surface area (Å²) in [5.41, 5.74) is 3.89. The van der Waals surface area contributed by atoms with Crippen molar-refractivity contribution in [2.24, 2.45) is 11.0 Å². The van der Waals surface area contributed by atoms with E-state index in [9.17, 15) is 4.79 Å². The number of nitrogens with one attached hydrogen (secondary N) is 1. The summed E-state index contributed by atoms with van der Waals surface area (Å²) in [6.45, 7) is 6.69. The van der Waals surface area contributed by atoms with Crippen LogP contribution >= 0.6 is 0 Å². The molecule has 1 aromatic heterocycles. The molecular formula is C19H22N2O3. The number of amides is 1. The Morgan fingerprint density at radius 2 is 2.04 bits per heavy atom. The molecular weight excluding hydrogens is 304 g/mol. The molecule has 5 nitrogen and oxygen atoms in total. The molecule has 0 unspecified atom stereocenters. The van der Waals surface area contributed by atoms with E-state index in [0.717, 1.165) is 17.1 Å². The number of nitrogens with zero attached hydrogens (tertiary/aromatic N) is 1. The monoisotopic (exact) mass is 326 g/mol. The number of carbonyl (C=O) groups excluding carboxylic acids is 1. The van der Waals surface area contributed by atoms with Crippen LogP contribution in [0.15, 0.2) is 57.8 Å². The summed E-state index contributed by atoms with van der Waals surface area (Å²) < 4.78 is 10.8. The van der Waals surface area contributed by atoms with Gasteiger partial charge in [-0.1, -0.05) is 13.8 Å². The van der Waals surface area contributed by atoms with Crippen molar-refractivity contribution in [1.82, 2.24) is 5.43 Å². The van der Waals surface area contributed by atoms with Crippen LogP contribution in [0.25, 0.3) is 6.08 Å².